The van der Waals surface area contributed by atoms with Gasteiger partial charge in [-0.3, -0.25) is 33.6 Å². The molecule has 0 aromatic heterocycles. The molecule has 11 N–H and O–H groups in total. The second-order valence-electron chi connectivity index (χ2n) is 15.8. The van der Waals surface area contributed by atoms with Crippen LogP contribution in [-0.2, 0) is 38.4 Å². The molecule has 0 unspecified atom stereocenters. The van der Waals surface area contributed by atoms with E-state index in [0.717, 1.165) is 0 Å². The molecule has 0 bridgehead atoms. The number of hydrogen-bond acceptors (Lipinski definition) is 12. The average molecular weight is 849 g/mol. The number of thiol groups is 1. The summed E-state index contributed by atoms with van der Waals surface area (Å²) in [5.41, 5.74) is 5.73. The van der Waals surface area contributed by atoms with Crippen LogP contribution in [0, 0.1) is 23.7 Å². The summed E-state index contributed by atoms with van der Waals surface area (Å²) in [4.78, 5) is 104. The van der Waals surface area contributed by atoms with Gasteiger partial charge in [-0.05, 0) is 68.3 Å². The maximum Gasteiger partial charge on any atom is 0.326 e. The zero-order valence-electron chi connectivity index (χ0n) is 35.0. The molecule has 0 fully saturated rings. The summed E-state index contributed by atoms with van der Waals surface area (Å²) in [7, 11) is 0. The van der Waals surface area contributed by atoms with Crippen molar-refractivity contribution in [2.45, 2.75) is 136 Å². The van der Waals surface area contributed by atoms with Crippen molar-refractivity contribution in [1.29, 1.82) is 0 Å². The Morgan fingerprint density at radius 3 is 1.46 bits per heavy atom. The predicted octanol–water partition coefficient (Wildman–Crippen LogP) is -0.719. The van der Waals surface area contributed by atoms with Gasteiger partial charge in [0.2, 0.25) is 41.4 Å². The van der Waals surface area contributed by atoms with Gasteiger partial charge in [0.15, 0.2) is 0 Å². The molecule has 0 heterocycles. The molecule has 8 atom stereocenters. The highest BCUT2D eigenvalue weighted by Crippen LogP contribution is 2.11. The summed E-state index contributed by atoms with van der Waals surface area (Å²) < 4.78 is 0. The number of carbonyl (C=O) groups is 8. The third-order valence-electron chi connectivity index (χ3n) is 8.53. The van der Waals surface area contributed by atoms with E-state index in [-0.39, 0.29) is 49.2 Å². The topological polar surface area (TPSA) is 287 Å². The summed E-state index contributed by atoms with van der Waals surface area (Å²) >= 11 is 5.41. The lowest BCUT2D eigenvalue weighted by molar-refractivity contribution is -0.143. The third-order valence-corrected chi connectivity index (χ3v) is 9.57. The maximum atomic E-state index is 13.7. The fourth-order valence-corrected chi connectivity index (χ4v) is 6.11. The first-order chi connectivity index (χ1) is 26.4. The summed E-state index contributed by atoms with van der Waals surface area (Å²) in [6.45, 7) is 15.0. The highest BCUT2D eigenvalue weighted by Gasteiger charge is 2.35. The first-order valence-corrected chi connectivity index (χ1v) is 21.3. The number of nitrogens with two attached hydrogens (primary N) is 1. The van der Waals surface area contributed by atoms with Crippen LogP contribution in [0.15, 0.2) is 0 Å². The molecule has 20 heteroatoms. The molecule has 0 radical (unpaired) electrons. The number of hydrogen-bond donors (Lipinski definition) is 11. The van der Waals surface area contributed by atoms with E-state index in [1.54, 1.807) is 34.0 Å². The standard InChI is InChI=1S/C37H68N8O10S2/c1-18(2)13-25(42-31(48)23(38)17-56)32(49)39-16-28(47)40-26(14-19(3)4)34(51)43-27(15-20(5)6)35(52)45-30(22(9)46)36(53)41-24(11-12-57-10)33(50)44-29(21(7)8)37(54)55/h18-27,29-30,46,56H,11-17,38H2,1-10H3,(H,39,49)(H,40,47)(H,41,53)(H,42,48)(H,43,51)(H,44,50)(H,45,52)(H,54,55)/t22-,23+,24+,25+,26+,27+,29+,30+/m1/s1. The third kappa shape index (κ3) is 21.1. The molecule has 0 rings (SSSR count). The van der Waals surface area contributed by atoms with Gasteiger partial charge in [-0.1, -0.05) is 55.4 Å². The molecule has 0 saturated carbocycles. The number of aliphatic hydroxyl groups is 1. The molecule has 0 saturated heterocycles. The number of aliphatic hydroxyl groups excluding tert-OH is 1. The minimum Gasteiger partial charge on any atom is -0.480 e. The molecule has 0 spiro atoms. The van der Waals surface area contributed by atoms with Crippen molar-refractivity contribution >= 4 is 71.7 Å². The second kappa shape index (κ2) is 27.1. The fourth-order valence-electron chi connectivity index (χ4n) is 5.47. The molecule has 18 nitrogen and oxygen atoms in total. The summed E-state index contributed by atoms with van der Waals surface area (Å²) in [5.74, 6) is -6.49. The van der Waals surface area contributed by atoms with Gasteiger partial charge < -0.3 is 53.2 Å². The van der Waals surface area contributed by atoms with E-state index >= 15 is 0 Å². The van der Waals surface area contributed by atoms with E-state index < -0.39 is 108 Å². The van der Waals surface area contributed by atoms with E-state index in [9.17, 15) is 48.6 Å². The van der Waals surface area contributed by atoms with Gasteiger partial charge in [0, 0.05) is 5.75 Å². The quantitative estimate of drug-likeness (QED) is 0.0457. The lowest BCUT2D eigenvalue weighted by Crippen LogP contribution is -2.61. The Labute approximate surface area is 346 Å². The number of carboxylic acids is 1. The largest absolute Gasteiger partial charge is 0.480 e. The van der Waals surface area contributed by atoms with E-state index in [1.165, 1.54) is 18.7 Å². The van der Waals surface area contributed by atoms with Crippen LogP contribution in [0.1, 0.15) is 88.0 Å². The van der Waals surface area contributed by atoms with Crippen molar-refractivity contribution in [3.05, 3.63) is 0 Å². The monoisotopic (exact) mass is 848 g/mol. The van der Waals surface area contributed by atoms with Crippen LogP contribution in [-0.4, -0.2) is 130 Å². The molecule has 7 amide bonds. The van der Waals surface area contributed by atoms with Crippen molar-refractivity contribution in [3.63, 3.8) is 0 Å². The maximum absolute atomic E-state index is 13.7. The summed E-state index contributed by atoms with van der Waals surface area (Å²) in [6, 6.07) is -8.23. The van der Waals surface area contributed by atoms with Crippen LogP contribution in [0.3, 0.4) is 0 Å². The van der Waals surface area contributed by atoms with E-state index in [1.807, 2.05) is 27.7 Å². The van der Waals surface area contributed by atoms with Crippen LogP contribution < -0.4 is 43.0 Å². The van der Waals surface area contributed by atoms with Crippen LogP contribution in [0.2, 0.25) is 0 Å². The summed E-state index contributed by atoms with van der Waals surface area (Å²) in [6.07, 6.45) is 1.00. The van der Waals surface area contributed by atoms with Crippen molar-refractivity contribution in [2.24, 2.45) is 29.4 Å². The van der Waals surface area contributed by atoms with Crippen molar-refractivity contribution in [3.8, 4) is 0 Å². The number of carbonyl (C=O) groups excluding carboxylic acids is 7. The Kier molecular flexibility index (Phi) is 25.4. The number of nitrogens with one attached hydrogen (secondary N) is 7. The Morgan fingerprint density at radius 1 is 0.596 bits per heavy atom. The van der Waals surface area contributed by atoms with Gasteiger partial charge in [0.05, 0.1) is 18.7 Å². The molecule has 57 heavy (non-hydrogen) atoms. The average Bonchev–Trinajstić information content (AvgIpc) is 3.10. The Bertz CT molecular complexity index is 1350. The van der Waals surface area contributed by atoms with Gasteiger partial charge in [0.1, 0.15) is 36.3 Å². The fraction of sp³-hybridized carbons (Fsp3) is 0.784. The number of thioether (sulfide) groups is 1. The van der Waals surface area contributed by atoms with Crippen molar-refractivity contribution < 1.29 is 48.6 Å². The van der Waals surface area contributed by atoms with Gasteiger partial charge in [-0.15, -0.1) is 0 Å². The lowest BCUT2D eigenvalue weighted by atomic mass is 9.99. The van der Waals surface area contributed by atoms with Crippen LogP contribution in [0.4, 0.5) is 0 Å². The van der Waals surface area contributed by atoms with Gasteiger partial charge in [-0.2, -0.15) is 24.4 Å². The molecule has 328 valence electrons. The molecule has 0 aromatic carbocycles. The van der Waals surface area contributed by atoms with Gasteiger partial charge in [-0.25, -0.2) is 4.79 Å². The Balaban J connectivity index is 6.02. The Morgan fingerprint density at radius 2 is 1.02 bits per heavy atom. The number of amides is 7. The first-order valence-electron chi connectivity index (χ1n) is 19.3. The highest BCUT2D eigenvalue weighted by atomic mass is 32.2. The molecular weight excluding hydrogens is 781 g/mol. The summed E-state index contributed by atoms with van der Waals surface area (Å²) in [5, 5.41) is 37.9. The lowest BCUT2D eigenvalue weighted by Gasteiger charge is -2.29. The zero-order chi connectivity index (χ0) is 44.2. The molecule has 0 aromatic rings. The van der Waals surface area contributed by atoms with Crippen molar-refractivity contribution in [2.75, 3.05) is 24.3 Å². The van der Waals surface area contributed by atoms with Crippen LogP contribution >= 0.6 is 24.4 Å². The van der Waals surface area contributed by atoms with Gasteiger partial charge in [0.25, 0.3) is 0 Å². The van der Waals surface area contributed by atoms with E-state index in [0.29, 0.717) is 5.75 Å². The molecule has 0 aliphatic heterocycles. The minimum atomic E-state index is -1.57. The number of carboxylic acid groups (broad SMARTS) is 1. The minimum absolute atomic E-state index is 0.0129. The smallest absolute Gasteiger partial charge is 0.326 e. The molecule has 0 aliphatic rings. The number of aliphatic carboxylic acids is 1. The van der Waals surface area contributed by atoms with Crippen LogP contribution in [0.5, 0.6) is 0 Å². The van der Waals surface area contributed by atoms with Crippen LogP contribution in [0.25, 0.3) is 0 Å². The SMILES string of the molecule is CSCC[C@H](NC(=O)[C@@H](NC(=O)[C@H](CC(C)C)NC(=O)[C@H](CC(C)C)NC(=O)CNC(=O)[C@H](CC(C)C)NC(=O)[C@@H](N)CS)[C@@H](C)O)C(=O)N[C@H](C(=O)O)C(C)C. The molecular formula is C37H68N8O10S2. The number of rotatable bonds is 27. The molecule has 0 aliphatic carbocycles. The second-order valence-corrected chi connectivity index (χ2v) is 17.1. The highest BCUT2D eigenvalue weighted by molar-refractivity contribution is 7.98. The predicted molar refractivity (Wildman–Crippen MR) is 222 cm³/mol. The van der Waals surface area contributed by atoms with E-state index in [4.69, 9.17) is 5.73 Å². The van der Waals surface area contributed by atoms with Crippen molar-refractivity contribution in [1.82, 2.24) is 37.2 Å². The zero-order valence-corrected chi connectivity index (χ0v) is 36.7. The Hall–Kier alpha value is -3.62. The first kappa shape index (κ1) is 53.4. The van der Waals surface area contributed by atoms with Gasteiger partial charge >= 0.3 is 5.97 Å². The van der Waals surface area contributed by atoms with E-state index in [2.05, 4.69) is 49.8 Å². The normalized spacial score (nSPS) is 15.7.